The van der Waals surface area contributed by atoms with Gasteiger partial charge in [-0.2, -0.15) is 0 Å². The van der Waals surface area contributed by atoms with E-state index in [2.05, 4.69) is 20.8 Å². The van der Waals surface area contributed by atoms with Crippen LogP contribution in [0.3, 0.4) is 0 Å². The average Bonchev–Trinajstić information content (AvgIpc) is 2.89. The number of anilines is 1. The summed E-state index contributed by atoms with van der Waals surface area (Å²) in [5, 5.41) is 3.66. The summed E-state index contributed by atoms with van der Waals surface area (Å²) in [6, 6.07) is 6.15. The molecule has 1 fully saturated rings. The molecule has 1 saturated carbocycles. The molecule has 2 heterocycles. The van der Waals surface area contributed by atoms with E-state index in [0.29, 0.717) is 5.88 Å². The largest absolute Gasteiger partial charge is 0.365 e. The van der Waals surface area contributed by atoms with E-state index >= 15 is 0 Å². The molecule has 2 aromatic rings. The van der Waals surface area contributed by atoms with Gasteiger partial charge in [0.25, 0.3) is 0 Å². The highest BCUT2D eigenvalue weighted by Crippen LogP contribution is 2.32. The van der Waals surface area contributed by atoms with Crippen LogP contribution in [0.1, 0.15) is 32.1 Å². The van der Waals surface area contributed by atoms with Crippen LogP contribution < -0.4 is 5.32 Å². The number of pyridine rings is 1. The molecule has 1 N–H and O–H groups in total. The summed E-state index contributed by atoms with van der Waals surface area (Å²) in [6.07, 6.45) is 9.98. The zero-order chi connectivity index (χ0) is 12.4. The van der Waals surface area contributed by atoms with E-state index in [-0.39, 0.29) is 5.54 Å². The smallest absolute Gasteiger partial charge is 0.138 e. The van der Waals surface area contributed by atoms with Crippen LogP contribution in [0.25, 0.3) is 5.65 Å². The second-order valence-corrected chi connectivity index (χ2v) is 5.43. The van der Waals surface area contributed by atoms with E-state index in [4.69, 9.17) is 11.6 Å². The highest BCUT2D eigenvalue weighted by atomic mass is 35.5. The Morgan fingerprint density at radius 1 is 1.28 bits per heavy atom. The Morgan fingerprint density at radius 3 is 2.89 bits per heavy atom. The molecule has 2 aromatic heterocycles. The van der Waals surface area contributed by atoms with Crippen molar-refractivity contribution in [1.82, 2.24) is 9.38 Å². The van der Waals surface area contributed by atoms with Gasteiger partial charge >= 0.3 is 0 Å². The highest BCUT2D eigenvalue weighted by molar-refractivity contribution is 6.18. The van der Waals surface area contributed by atoms with Crippen LogP contribution in [-0.2, 0) is 0 Å². The minimum atomic E-state index is 0.0539. The van der Waals surface area contributed by atoms with Crippen molar-refractivity contribution < 1.29 is 0 Å². The van der Waals surface area contributed by atoms with Crippen LogP contribution in [0.2, 0.25) is 0 Å². The molecule has 96 valence electrons. The van der Waals surface area contributed by atoms with Gasteiger partial charge in [-0.05, 0) is 25.0 Å². The number of aromatic nitrogens is 2. The van der Waals surface area contributed by atoms with Gasteiger partial charge in [0, 0.05) is 18.3 Å². The third kappa shape index (κ3) is 2.07. The number of halogens is 1. The quantitative estimate of drug-likeness (QED) is 0.856. The van der Waals surface area contributed by atoms with Gasteiger partial charge in [-0.15, -0.1) is 11.6 Å². The van der Waals surface area contributed by atoms with E-state index in [0.717, 1.165) is 24.3 Å². The van der Waals surface area contributed by atoms with E-state index < -0.39 is 0 Å². The fraction of sp³-hybridized carbons (Fsp3) is 0.500. The molecule has 4 heteroatoms. The van der Waals surface area contributed by atoms with Crippen LogP contribution in [0.4, 0.5) is 5.82 Å². The number of rotatable bonds is 3. The summed E-state index contributed by atoms with van der Waals surface area (Å²) in [5.41, 5.74) is 1.03. The number of hydrogen-bond acceptors (Lipinski definition) is 2. The molecule has 0 saturated heterocycles. The third-order valence-electron chi connectivity index (χ3n) is 3.89. The highest BCUT2D eigenvalue weighted by Gasteiger charge is 2.31. The summed E-state index contributed by atoms with van der Waals surface area (Å²) in [5.74, 6) is 1.76. The monoisotopic (exact) mass is 263 g/mol. The van der Waals surface area contributed by atoms with Gasteiger partial charge in [-0.25, -0.2) is 4.98 Å². The van der Waals surface area contributed by atoms with Crippen LogP contribution in [0.15, 0.2) is 30.6 Å². The first kappa shape index (κ1) is 11.8. The van der Waals surface area contributed by atoms with E-state index in [1.807, 2.05) is 24.5 Å². The standard InChI is InChI=1S/C14H18ClN3/c15-11-14(7-2-1-3-8-14)17-13-6-4-5-12-16-9-10-18(12)13/h4-6,9-10,17H,1-3,7-8,11H2. The molecule has 0 unspecified atom stereocenters. The molecule has 0 aromatic carbocycles. The first-order valence-electron chi connectivity index (χ1n) is 6.59. The van der Waals surface area contributed by atoms with Crippen molar-refractivity contribution in [2.24, 2.45) is 0 Å². The van der Waals surface area contributed by atoms with Gasteiger partial charge in [0.15, 0.2) is 0 Å². The molecule has 3 nitrogen and oxygen atoms in total. The molecule has 0 radical (unpaired) electrons. The molecule has 3 rings (SSSR count). The molecule has 0 amide bonds. The van der Waals surface area contributed by atoms with Crippen LogP contribution >= 0.6 is 11.6 Å². The maximum absolute atomic E-state index is 6.22. The van der Waals surface area contributed by atoms with E-state index in [1.54, 1.807) is 0 Å². The van der Waals surface area contributed by atoms with Gasteiger partial charge in [-0.3, -0.25) is 4.40 Å². The van der Waals surface area contributed by atoms with Gasteiger partial charge in [-0.1, -0.05) is 25.3 Å². The number of imidazole rings is 1. The number of hydrogen-bond donors (Lipinski definition) is 1. The molecule has 18 heavy (non-hydrogen) atoms. The third-order valence-corrected chi connectivity index (χ3v) is 4.40. The predicted octanol–water partition coefficient (Wildman–Crippen LogP) is 3.69. The summed E-state index contributed by atoms with van der Waals surface area (Å²) in [7, 11) is 0. The van der Waals surface area contributed by atoms with Crippen molar-refractivity contribution >= 4 is 23.1 Å². The van der Waals surface area contributed by atoms with Crippen molar-refractivity contribution in [3.8, 4) is 0 Å². The van der Waals surface area contributed by atoms with Gasteiger partial charge in [0.05, 0.1) is 5.54 Å². The fourth-order valence-electron chi connectivity index (χ4n) is 2.84. The second kappa shape index (κ2) is 4.81. The minimum Gasteiger partial charge on any atom is -0.365 e. The maximum Gasteiger partial charge on any atom is 0.138 e. The Morgan fingerprint density at radius 2 is 2.11 bits per heavy atom. The number of nitrogens with zero attached hydrogens (tertiary/aromatic N) is 2. The summed E-state index contributed by atoms with van der Waals surface area (Å²) < 4.78 is 2.09. The Kier molecular flexibility index (Phi) is 3.16. The molecule has 0 atom stereocenters. The zero-order valence-corrected chi connectivity index (χ0v) is 11.2. The normalized spacial score (nSPS) is 18.9. The van der Waals surface area contributed by atoms with Crippen LogP contribution in [-0.4, -0.2) is 20.8 Å². The number of nitrogens with one attached hydrogen (secondary N) is 1. The van der Waals surface area contributed by atoms with E-state index in [9.17, 15) is 0 Å². The predicted molar refractivity (Wildman–Crippen MR) is 75.4 cm³/mol. The molecule has 0 bridgehead atoms. The Labute approximate surface area is 112 Å². The van der Waals surface area contributed by atoms with Crippen molar-refractivity contribution in [2.75, 3.05) is 11.2 Å². The first-order valence-corrected chi connectivity index (χ1v) is 7.13. The lowest BCUT2D eigenvalue weighted by Gasteiger charge is -2.37. The van der Waals surface area contributed by atoms with Gasteiger partial charge in [0.2, 0.25) is 0 Å². The Bertz CT molecular complexity index is 529. The van der Waals surface area contributed by atoms with Gasteiger partial charge in [0.1, 0.15) is 11.5 Å². The van der Waals surface area contributed by atoms with Crippen LogP contribution in [0, 0.1) is 0 Å². The maximum atomic E-state index is 6.22. The minimum absolute atomic E-state index is 0.0539. The van der Waals surface area contributed by atoms with Crippen molar-refractivity contribution in [2.45, 2.75) is 37.6 Å². The lowest BCUT2D eigenvalue weighted by molar-refractivity contribution is 0.352. The number of alkyl halides is 1. The topological polar surface area (TPSA) is 29.3 Å². The molecular formula is C14H18ClN3. The van der Waals surface area contributed by atoms with E-state index in [1.165, 1.54) is 19.3 Å². The first-order chi connectivity index (χ1) is 8.83. The Hall–Kier alpha value is -1.22. The molecule has 0 spiro atoms. The molecule has 1 aliphatic rings. The summed E-state index contributed by atoms with van der Waals surface area (Å²) >= 11 is 6.22. The Balaban J connectivity index is 1.92. The zero-order valence-electron chi connectivity index (χ0n) is 10.4. The number of fused-ring (bicyclic) bond motifs is 1. The van der Waals surface area contributed by atoms with Crippen molar-refractivity contribution in [3.63, 3.8) is 0 Å². The SMILES string of the molecule is ClCC1(Nc2cccc3nccn23)CCCCC1. The lowest BCUT2D eigenvalue weighted by atomic mass is 9.83. The van der Waals surface area contributed by atoms with Crippen molar-refractivity contribution in [3.05, 3.63) is 30.6 Å². The van der Waals surface area contributed by atoms with Crippen LogP contribution in [0.5, 0.6) is 0 Å². The summed E-state index contributed by atoms with van der Waals surface area (Å²) in [6.45, 7) is 0. The molecule has 0 aliphatic heterocycles. The molecular weight excluding hydrogens is 246 g/mol. The molecule has 1 aliphatic carbocycles. The fourth-order valence-corrected chi connectivity index (χ4v) is 3.18. The average molecular weight is 264 g/mol. The summed E-state index contributed by atoms with van der Waals surface area (Å²) in [4.78, 5) is 4.31. The lowest BCUT2D eigenvalue weighted by Crippen LogP contribution is -2.42. The second-order valence-electron chi connectivity index (χ2n) is 5.17. The van der Waals surface area contributed by atoms with Crippen molar-refractivity contribution in [1.29, 1.82) is 0 Å². The van der Waals surface area contributed by atoms with Gasteiger partial charge < -0.3 is 5.32 Å².